The number of H-pyrrole nitrogens is 1. The number of piperidine rings is 1. The summed E-state index contributed by atoms with van der Waals surface area (Å²) in [6.45, 7) is 2.62. The van der Waals surface area contributed by atoms with Gasteiger partial charge in [-0.05, 0) is 31.1 Å². The van der Waals surface area contributed by atoms with Crippen molar-refractivity contribution in [3.8, 4) is 0 Å². The molecule has 1 saturated carbocycles. The van der Waals surface area contributed by atoms with E-state index in [2.05, 4.69) is 20.2 Å². The van der Waals surface area contributed by atoms with Gasteiger partial charge < -0.3 is 9.88 Å². The second-order valence-electron chi connectivity index (χ2n) is 7.00. The molecule has 4 rings (SSSR count). The summed E-state index contributed by atoms with van der Waals surface area (Å²) in [6.07, 6.45) is 10.4. The predicted molar refractivity (Wildman–Crippen MR) is 79.6 cm³/mol. The van der Waals surface area contributed by atoms with Gasteiger partial charge in [-0.3, -0.25) is 10.1 Å². The SMILES string of the molecule is O=C(C1Cc2nc[nH]c2CN1)N1CCC2(CCCC2)CC1. The number of fused-ring (bicyclic) bond motifs is 1. The van der Waals surface area contributed by atoms with Gasteiger partial charge in [-0.2, -0.15) is 0 Å². The molecule has 1 unspecified atom stereocenters. The Morgan fingerprint density at radius 1 is 1.24 bits per heavy atom. The minimum Gasteiger partial charge on any atom is -0.347 e. The van der Waals surface area contributed by atoms with Gasteiger partial charge in [0.05, 0.1) is 23.8 Å². The monoisotopic (exact) mass is 288 g/mol. The quantitative estimate of drug-likeness (QED) is 0.825. The molecular weight excluding hydrogens is 264 g/mol. The highest BCUT2D eigenvalue weighted by atomic mass is 16.2. The Morgan fingerprint density at radius 3 is 2.76 bits per heavy atom. The second kappa shape index (κ2) is 5.13. The van der Waals surface area contributed by atoms with Crippen LogP contribution in [0, 0.1) is 5.41 Å². The Bertz CT molecular complexity index is 522. The van der Waals surface area contributed by atoms with Crippen molar-refractivity contribution in [2.45, 2.75) is 57.5 Å². The van der Waals surface area contributed by atoms with Crippen molar-refractivity contribution < 1.29 is 4.79 Å². The lowest BCUT2D eigenvalue weighted by molar-refractivity contribution is -0.136. The molecule has 3 heterocycles. The molecule has 1 aromatic heterocycles. The third-order valence-electron chi connectivity index (χ3n) is 5.83. The van der Waals surface area contributed by atoms with Gasteiger partial charge in [0.15, 0.2) is 0 Å². The summed E-state index contributed by atoms with van der Waals surface area (Å²) >= 11 is 0. The number of aromatic amines is 1. The summed E-state index contributed by atoms with van der Waals surface area (Å²) in [6, 6.07) is -0.0848. The van der Waals surface area contributed by atoms with Crippen molar-refractivity contribution in [2.24, 2.45) is 5.41 Å². The maximum absolute atomic E-state index is 12.7. The Labute approximate surface area is 125 Å². The number of hydrogen-bond acceptors (Lipinski definition) is 3. The minimum absolute atomic E-state index is 0.0848. The number of nitrogens with one attached hydrogen (secondary N) is 2. The lowest BCUT2D eigenvalue weighted by Crippen LogP contribution is -2.52. The van der Waals surface area contributed by atoms with E-state index in [0.717, 1.165) is 37.4 Å². The molecule has 0 radical (unpaired) electrons. The molecule has 3 aliphatic rings. The van der Waals surface area contributed by atoms with E-state index in [1.165, 1.54) is 38.5 Å². The molecule has 114 valence electrons. The van der Waals surface area contributed by atoms with Crippen molar-refractivity contribution in [3.63, 3.8) is 0 Å². The number of nitrogens with zero attached hydrogens (tertiary/aromatic N) is 2. The average Bonchev–Trinajstić information content (AvgIpc) is 3.16. The fourth-order valence-electron chi connectivity index (χ4n) is 4.39. The molecule has 5 nitrogen and oxygen atoms in total. The first-order valence-electron chi connectivity index (χ1n) is 8.29. The van der Waals surface area contributed by atoms with Crippen LogP contribution in [0.5, 0.6) is 0 Å². The Kier molecular flexibility index (Phi) is 3.25. The molecule has 21 heavy (non-hydrogen) atoms. The molecule has 1 saturated heterocycles. The Morgan fingerprint density at radius 2 is 2.00 bits per heavy atom. The summed E-state index contributed by atoms with van der Waals surface area (Å²) in [4.78, 5) is 22.3. The molecule has 1 aromatic rings. The maximum atomic E-state index is 12.7. The first-order valence-corrected chi connectivity index (χ1v) is 8.29. The van der Waals surface area contributed by atoms with Crippen LogP contribution in [0.25, 0.3) is 0 Å². The van der Waals surface area contributed by atoms with Crippen LogP contribution in [0.1, 0.15) is 49.9 Å². The zero-order valence-corrected chi connectivity index (χ0v) is 12.5. The van der Waals surface area contributed by atoms with Gasteiger partial charge in [0.25, 0.3) is 0 Å². The third kappa shape index (κ3) is 2.37. The van der Waals surface area contributed by atoms with Crippen molar-refractivity contribution in [3.05, 3.63) is 17.7 Å². The van der Waals surface area contributed by atoms with Crippen LogP contribution >= 0.6 is 0 Å². The van der Waals surface area contributed by atoms with E-state index in [1.54, 1.807) is 6.33 Å². The Balaban J connectivity index is 1.38. The summed E-state index contributed by atoms with van der Waals surface area (Å²) < 4.78 is 0. The smallest absolute Gasteiger partial charge is 0.240 e. The van der Waals surface area contributed by atoms with Crippen LogP contribution in [0.4, 0.5) is 0 Å². The van der Waals surface area contributed by atoms with Gasteiger partial charge in [-0.1, -0.05) is 12.8 Å². The molecule has 1 aliphatic carbocycles. The van der Waals surface area contributed by atoms with Gasteiger partial charge in [0.2, 0.25) is 5.91 Å². The number of carbonyl (C=O) groups is 1. The minimum atomic E-state index is -0.0848. The number of carbonyl (C=O) groups excluding carboxylic acids is 1. The van der Waals surface area contributed by atoms with Crippen LogP contribution in [-0.4, -0.2) is 39.9 Å². The lowest BCUT2D eigenvalue weighted by atomic mass is 9.77. The molecular formula is C16H24N4O. The van der Waals surface area contributed by atoms with Gasteiger partial charge in [0.1, 0.15) is 0 Å². The topological polar surface area (TPSA) is 61.0 Å². The second-order valence-corrected chi connectivity index (χ2v) is 7.00. The van der Waals surface area contributed by atoms with Crippen molar-refractivity contribution >= 4 is 5.91 Å². The lowest BCUT2D eigenvalue weighted by Gasteiger charge is -2.41. The molecule has 2 N–H and O–H groups in total. The normalized spacial score (nSPS) is 27.8. The highest BCUT2D eigenvalue weighted by molar-refractivity contribution is 5.82. The third-order valence-corrected chi connectivity index (χ3v) is 5.83. The zero-order chi connectivity index (χ0) is 14.3. The average molecular weight is 288 g/mol. The van der Waals surface area contributed by atoms with Crippen LogP contribution in [0.15, 0.2) is 6.33 Å². The highest BCUT2D eigenvalue weighted by Gasteiger charge is 2.39. The standard InChI is InChI=1S/C16H24N4O/c21-15(13-9-12-14(10-17-13)19-11-18-12)20-7-5-16(6-8-20)3-1-2-4-16/h11,13,17H,1-10H2,(H,18,19). The van der Waals surface area contributed by atoms with E-state index in [9.17, 15) is 4.79 Å². The van der Waals surface area contributed by atoms with E-state index in [1.807, 2.05) is 0 Å². The van der Waals surface area contributed by atoms with Gasteiger partial charge >= 0.3 is 0 Å². The van der Waals surface area contributed by atoms with Gasteiger partial charge in [-0.15, -0.1) is 0 Å². The highest BCUT2D eigenvalue weighted by Crippen LogP contribution is 2.46. The molecule has 2 fully saturated rings. The summed E-state index contributed by atoms with van der Waals surface area (Å²) in [7, 11) is 0. The fraction of sp³-hybridized carbons (Fsp3) is 0.750. The Hall–Kier alpha value is -1.36. The molecule has 0 bridgehead atoms. The fourth-order valence-corrected chi connectivity index (χ4v) is 4.39. The molecule has 2 aliphatic heterocycles. The van der Waals surface area contributed by atoms with Gasteiger partial charge in [-0.25, -0.2) is 4.98 Å². The number of imidazole rings is 1. The number of rotatable bonds is 1. The number of amides is 1. The zero-order valence-electron chi connectivity index (χ0n) is 12.5. The van der Waals surface area contributed by atoms with Crippen LogP contribution in [0.3, 0.4) is 0 Å². The maximum Gasteiger partial charge on any atom is 0.240 e. The molecule has 0 aromatic carbocycles. The van der Waals surface area contributed by atoms with E-state index in [-0.39, 0.29) is 11.9 Å². The van der Waals surface area contributed by atoms with Crippen molar-refractivity contribution in [2.75, 3.05) is 13.1 Å². The first kappa shape index (κ1) is 13.3. The van der Waals surface area contributed by atoms with Gasteiger partial charge in [0, 0.05) is 26.1 Å². The van der Waals surface area contributed by atoms with Crippen LogP contribution in [0.2, 0.25) is 0 Å². The van der Waals surface area contributed by atoms with E-state index in [0.29, 0.717) is 5.41 Å². The van der Waals surface area contributed by atoms with Crippen LogP contribution in [-0.2, 0) is 17.8 Å². The van der Waals surface area contributed by atoms with Crippen molar-refractivity contribution in [1.82, 2.24) is 20.2 Å². The molecule has 1 spiro atoms. The largest absolute Gasteiger partial charge is 0.347 e. The molecule has 1 atom stereocenters. The number of hydrogen-bond donors (Lipinski definition) is 2. The van der Waals surface area contributed by atoms with Crippen molar-refractivity contribution in [1.29, 1.82) is 0 Å². The summed E-state index contributed by atoms with van der Waals surface area (Å²) in [5, 5.41) is 3.36. The van der Waals surface area contributed by atoms with Crippen LogP contribution < -0.4 is 5.32 Å². The molecule has 1 amide bonds. The number of likely N-dealkylation sites (tertiary alicyclic amines) is 1. The first-order chi connectivity index (χ1) is 10.3. The van der Waals surface area contributed by atoms with E-state index in [4.69, 9.17) is 0 Å². The summed E-state index contributed by atoms with van der Waals surface area (Å²) in [5.41, 5.74) is 2.76. The van der Waals surface area contributed by atoms with E-state index >= 15 is 0 Å². The molecule has 5 heteroatoms. The summed E-state index contributed by atoms with van der Waals surface area (Å²) in [5.74, 6) is 0.275. The predicted octanol–water partition coefficient (Wildman–Crippen LogP) is 1.61. The number of aromatic nitrogens is 2. The van der Waals surface area contributed by atoms with E-state index < -0.39 is 0 Å².